The summed E-state index contributed by atoms with van der Waals surface area (Å²) in [5.41, 5.74) is 1.86. The predicted octanol–water partition coefficient (Wildman–Crippen LogP) is 4.32. The number of nitrogens with zero attached hydrogens (tertiary/aromatic N) is 2. The number of hydrogen-bond donors (Lipinski definition) is 0. The molecule has 2 heterocycles. The fraction of sp³-hybridized carbons (Fsp3) is 0.500. The Morgan fingerprint density at radius 3 is 2.69 bits per heavy atom. The summed E-state index contributed by atoms with van der Waals surface area (Å²) in [5, 5.41) is 0.649. The summed E-state index contributed by atoms with van der Waals surface area (Å²) in [6.45, 7) is 8.81. The number of hydrogen-bond acceptors (Lipinski definition) is 6. The minimum atomic E-state index is -0.539. The molecule has 0 aliphatic carbocycles. The van der Waals surface area contributed by atoms with E-state index in [2.05, 4.69) is 11.9 Å². The van der Waals surface area contributed by atoms with Crippen molar-refractivity contribution in [3.05, 3.63) is 41.1 Å². The predicted molar refractivity (Wildman–Crippen MR) is 115 cm³/mol. The molecule has 0 spiro atoms. The van der Waals surface area contributed by atoms with Crippen molar-refractivity contribution in [2.75, 3.05) is 19.0 Å². The van der Waals surface area contributed by atoms with Crippen molar-refractivity contribution in [3.8, 4) is 5.75 Å². The Balaban J connectivity index is 1.99. The normalized spacial score (nSPS) is 19.2. The van der Waals surface area contributed by atoms with Crippen LogP contribution in [0.15, 0.2) is 40.5 Å². The van der Waals surface area contributed by atoms with Crippen LogP contribution in [-0.4, -0.2) is 40.9 Å². The van der Waals surface area contributed by atoms with Crippen LogP contribution in [0.3, 0.4) is 0 Å². The molecule has 3 rings (SSSR count). The lowest BCUT2D eigenvalue weighted by atomic mass is 9.94. The van der Waals surface area contributed by atoms with Crippen molar-refractivity contribution < 1.29 is 19.1 Å². The van der Waals surface area contributed by atoms with Gasteiger partial charge in [0.15, 0.2) is 5.17 Å². The maximum absolute atomic E-state index is 13.0. The summed E-state index contributed by atoms with van der Waals surface area (Å²) in [6.07, 6.45) is 1.35. The monoisotopic (exact) mass is 416 g/mol. The van der Waals surface area contributed by atoms with Crippen LogP contribution in [0.25, 0.3) is 0 Å². The van der Waals surface area contributed by atoms with Crippen LogP contribution in [0.2, 0.25) is 0 Å². The van der Waals surface area contributed by atoms with Gasteiger partial charge in [-0.3, -0.25) is 9.69 Å². The van der Waals surface area contributed by atoms with Crippen molar-refractivity contribution in [3.63, 3.8) is 0 Å². The second kappa shape index (κ2) is 9.48. The Hall–Kier alpha value is -2.28. The first-order valence-corrected chi connectivity index (χ1v) is 11.0. The van der Waals surface area contributed by atoms with E-state index in [-0.39, 0.29) is 11.8 Å². The topological polar surface area (TPSA) is 68.2 Å². The highest BCUT2D eigenvalue weighted by Gasteiger charge is 2.41. The quantitative estimate of drug-likeness (QED) is 0.619. The van der Waals surface area contributed by atoms with Crippen LogP contribution in [0.5, 0.6) is 5.75 Å². The van der Waals surface area contributed by atoms with Crippen LogP contribution in [0.4, 0.5) is 0 Å². The smallest absolute Gasteiger partial charge is 0.338 e. The number of aliphatic imine (C=N–C) groups is 1. The van der Waals surface area contributed by atoms with E-state index < -0.39 is 12.0 Å². The Kier molecular flexibility index (Phi) is 7.00. The first-order valence-electron chi connectivity index (χ1n) is 10.1. The molecule has 1 amide bonds. The number of esters is 1. The zero-order chi connectivity index (χ0) is 21.0. The summed E-state index contributed by atoms with van der Waals surface area (Å²) in [4.78, 5) is 32.0. The summed E-state index contributed by atoms with van der Waals surface area (Å²) in [6, 6.07) is 7.04. The van der Waals surface area contributed by atoms with Crippen molar-refractivity contribution in [2.45, 2.75) is 46.6 Å². The van der Waals surface area contributed by atoms with Crippen LogP contribution >= 0.6 is 11.8 Å². The third-order valence-electron chi connectivity index (χ3n) is 4.64. The maximum Gasteiger partial charge on any atom is 0.338 e. The molecule has 0 radical (unpaired) electrons. The van der Waals surface area contributed by atoms with Crippen LogP contribution < -0.4 is 4.74 Å². The molecule has 2 aliphatic heterocycles. The Morgan fingerprint density at radius 1 is 1.31 bits per heavy atom. The van der Waals surface area contributed by atoms with E-state index in [1.165, 1.54) is 0 Å². The molecule has 7 heteroatoms. The van der Waals surface area contributed by atoms with Gasteiger partial charge in [-0.25, -0.2) is 9.79 Å². The molecule has 1 fully saturated rings. The van der Waals surface area contributed by atoms with E-state index in [0.29, 0.717) is 41.8 Å². The van der Waals surface area contributed by atoms with Gasteiger partial charge in [-0.1, -0.05) is 44.7 Å². The molecule has 0 aromatic heterocycles. The highest BCUT2D eigenvalue weighted by molar-refractivity contribution is 8.14. The Labute approximate surface area is 176 Å². The highest BCUT2D eigenvalue weighted by atomic mass is 32.2. The Morgan fingerprint density at radius 2 is 2.03 bits per heavy atom. The molecule has 0 bridgehead atoms. The average Bonchev–Trinajstić information content (AvgIpc) is 2.70. The molecule has 0 N–H and O–H groups in total. The standard InChI is InChI=1S/C22H28N2O4S/c1-5-11-27-17-8-6-16(7-9-17)20-19(21(26)28-13-14(2)3)15(4)23-22-24(20)18(25)10-12-29-22/h6-9,14,20H,5,10-13H2,1-4H3. The van der Waals surface area contributed by atoms with Crippen LogP contribution in [-0.2, 0) is 14.3 Å². The minimum Gasteiger partial charge on any atom is -0.494 e. The van der Waals surface area contributed by atoms with E-state index >= 15 is 0 Å². The first kappa shape index (κ1) is 21.4. The second-order valence-corrected chi connectivity index (χ2v) is 8.63. The van der Waals surface area contributed by atoms with Crippen molar-refractivity contribution in [1.29, 1.82) is 0 Å². The van der Waals surface area contributed by atoms with Crippen LogP contribution in [0.1, 0.15) is 52.1 Å². The van der Waals surface area contributed by atoms with Gasteiger partial charge in [0.25, 0.3) is 0 Å². The van der Waals surface area contributed by atoms with E-state index in [0.717, 1.165) is 17.7 Å². The second-order valence-electron chi connectivity index (χ2n) is 7.57. The van der Waals surface area contributed by atoms with Gasteiger partial charge in [0, 0.05) is 12.2 Å². The highest BCUT2D eigenvalue weighted by Crippen LogP contribution is 2.40. The lowest BCUT2D eigenvalue weighted by Gasteiger charge is -2.39. The number of allylic oxidation sites excluding steroid dienone is 1. The van der Waals surface area contributed by atoms with E-state index in [4.69, 9.17) is 9.47 Å². The molecule has 2 aliphatic rings. The molecule has 1 saturated heterocycles. The molecule has 6 nitrogen and oxygen atoms in total. The number of carbonyl (C=O) groups is 2. The third kappa shape index (κ3) is 4.83. The molecule has 1 aromatic rings. The maximum atomic E-state index is 13.0. The van der Waals surface area contributed by atoms with Gasteiger partial charge in [-0.2, -0.15) is 0 Å². The molecule has 1 aromatic carbocycles. The molecule has 0 saturated carbocycles. The van der Waals surface area contributed by atoms with Gasteiger partial charge in [-0.15, -0.1) is 0 Å². The zero-order valence-electron chi connectivity index (χ0n) is 17.4. The Bertz CT molecular complexity index is 830. The van der Waals surface area contributed by atoms with Crippen molar-refractivity contribution >= 4 is 28.8 Å². The van der Waals surface area contributed by atoms with Gasteiger partial charge in [0.2, 0.25) is 5.91 Å². The van der Waals surface area contributed by atoms with Gasteiger partial charge in [0.05, 0.1) is 30.5 Å². The summed E-state index contributed by atoms with van der Waals surface area (Å²) < 4.78 is 11.2. The number of carbonyl (C=O) groups excluding carboxylic acids is 2. The van der Waals surface area contributed by atoms with Gasteiger partial charge in [-0.05, 0) is 37.0 Å². The summed E-state index contributed by atoms with van der Waals surface area (Å²) in [5.74, 6) is 1.25. The number of ether oxygens (including phenoxy) is 2. The van der Waals surface area contributed by atoms with E-state index in [1.807, 2.05) is 45.0 Å². The summed E-state index contributed by atoms with van der Waals surface area (Å²) >= 11 is 1.54. The van der Waals surface area contributed by atoms with Crippen molar-refractivity contribution in [1.82, 2.24) is 4.90 Å². The number of benzene rings is 1. The lowest BCUT2D eigenvalue weighted by molar-refractivity contribution is -0.141. The number of amidine groups is 1. The largest absolute Gasteiger partial charge is 0.494 e. The first-order chi connectivity index (χ1) is 13.9. The minimum absolute atomic E-state index is 0.0273. The van der Waals surface area contributed by atoms with Gasteiger partial charge >= 0.3 is 5.97 Å². The van der Waals surface area contributed by atoms with Crippen molar-refractivity contribution in [2.24, 2.45) is 10.9 Å². The fourth-order valence-corrected chi connectivity index (χ4v) is 4.27. The average molecular weight is 417 g/mol. The molecular weight excluding hydrogens is 388 g/mol. The number of fused-ring (bicyclic) bond motifs is 1. The fourth-order valence-electron chi connectivity index (χ4n) is 3.26. The van der Waals surface area contributed by atoms with E-state index in [1.54, 1.807) is 16.7 Å². The van der Waals surface area contributed by atoms with Crippen LogP contribution in [0, 0.1) is 5.92 Å². The van der Waals surface area contributed by atoms with Gasteiger partial charge in [0.1, 0.15) is 5.75 Å². The molecule has 29 heavy (non-hydrogen) atoms. The molecular formula is C22H28N2O4S. The molecule has 156 valence electrons. The molecule has 1 atom stereocenters. The zero-order valence-corrected chi connectivity index (χ0v) is 18.3. The number of amides is 1. The van der Waals surface area contributed by atoms with Gasteiger partial charge < -0.3 is 9.47 Å². The SMILES string of the molecule is CCCOc1ccc(C2C(C(=O)OCC(C)C)=C(C)N=C3SCCC(=O)N32)cc1. The number of rotatable bonds is 7. The number of thioether (sulfide) groups is 1. The van der Waals surface area contributed by atoms with E-state index in [9.17, 15) is 9.59 Å². The lowest BCUT2D eigenvalue weighted by Crippen LogP contribution is -2.45. The molecule has 1 unspecified atom stereocenters. The third-order valence-corrected chi connectivity index (χ3v) is 5.60. The summed E-state index contributed by atoms with van der Waals surface area (Å²) in [7, 11) is 0.